The van der Waals surface area contributed by atoms with Crippen LogP contribution in [0.2, 0.25) is 0 Å². The number of hydrogen-bond donors (Lipinski definition) is 2. The maximum atomic E-state index is 14.1. The van der Waals surface area contributed by atoms with Crippen LogP contribution in [-0.2, 0) is 20.7 Å². The molecule has 0 aliphatic carbocycles. The highest BCUT2D eigenvalue weighted by atomic mass is 16.6. The van der Waals surface area contributed by atoms with Gasteiger partial charge in [-0.15, -0.1) is 5.10 Å². The topological polar surface area (TPSA) is 133 Å². The number of nitrogens with one attached hydrogen (secondary N) is 1. The zero-order valence-corrected chi connectivity index (χ0v) is 26.3. The number of rotatable bonds is 4. The van der Waals surface area contributed by atoms with Crippen molar-refractivity contribution in [3.63, 3.8) is 0 Å². The molecule has 3 aromatic rings. The van der Waals surface area contributed by atoms with Crippen LogP contribution >= 0.6 is 0 Å². The summed E-state index contributed by atoms with van der Waals surface area (Å²) in [5.74, 6) is 0.592. The van der Waals surface area contributed by atoms with E-state index in [1.165, 1.54) is 4.68 Å². The zero-order chi connectivity index (χ0) is 31.8. The number of ether oxygens (including phenoxy) is 2. The third-order valence-corrected chi connectivity index (χ3v) is 10.1. The maximum absolute atomic E-state index is 14.1. The number of carbonyl (C=O) groups excluding carboxylic acids is 2. The van der Waals surface area contributed by atoms with Crippen molar-refractivity contribution < 1.29 is 24.2 Å². The molecule has 0 radical (unpaired) electrons. The Bertz CT molecular complexity index is 1620. The van der Waals surface area contributed by atoms with Gasteiger partial charge in [-0.1, -0.05) is 42.5 Å². The van der Waals surface area contributed by atoms with Crippen LogP contribution in [0.25, 0.3) is 11.4 Å². The molecule has 2 amide bonds. The lowest BCUT2D eigenvalue weighted by molar-refractivity contribution is -0.141. The highest BCUT2D eigenvalue weighted by Gasteiger charge is 2.40. The van der Waals surface area contributed by atoms with E-state index in [9.17, 15) is 19.5 Å². The van der Waals surface area contributed by atoms with E-state index in [1.54, 1.807) is 4.90 Å². The van der Waals surface area contributed by atoms with Gasteiger partial charge in [0.05, 0.1) is 12.1 Å². The molecule has 2 aromatic carbocycles. The van der Waals surface area contributed by atoms with Gasteiger partial charge in [-0.2, -0.15) is 0 Å². The van der Waals surface area contributed by atoms with Gasteiger partial charge in [0.1, 0.15) is 5.75 Å². The van der Waals surface area contributed by atoms with Gasteiger partial charge in [0.25, 0.3) is 5.91 Å². The molecule has 3 saturated heterocycles. The summed E-state index contributed by atoms with van der Waals surface area (Å²) in [6.45, 7) is 5.88. The van der Waals surface area contributed by atoms with Crippen LogP contribution in [0.5, 0.6) is 5.75 Å². The minimum Gasteiger partial charge on any atom is -0.507 e. The predicted molar refractivity (Wildman–Crippen MR) is 169 cm³/mol. The summed E-state index contributed by atoms with van der Waals surface area (Å²) in [4.78, 5) is 49.1. The minimum absolute atomic E-state index is 0.150. The molecule has 4 aliphatic heterocycles. The first-order chi connectivity index (χ1) is 22.4. The highest BCUT2D eigenvalue weighted by Crippen LogP contribution is 2.38. The lowest BCUT2D eigenvalue weighted by atomic mass is 9.94. The Morgan fingerprint density at radius 3 is 2.52 bits per heavy atom. The Labute approximate surface area is 267 Å². The SMILES string of the molecule is Cc1cc2cc(c1O)C1CN(CCCN1C1CCOCC1)C(=O)[C@H](OC(=O)N1CCC(n3nc(-c4ccccc4)[nH]c3=O)CC1)C2. The second-order valence-electron chi connectivity index (χ2n) is 13.0. The molecule has 4 aliphatic rings. The van der Waals surface area contributed by atoms with Crippen molar-refractivity contribution in [2.75, 3.05) is 45.9 Å². The summed E-state index contributed by atoms with van der Waals surface area (Å²) >= 11 is 0. The van der Waals surface area contributed by atoms with E-state index in [2.05, 4.69) is 15.0 Å². The summed E-state index contributed by atoms with van der Waals surface area (Å²) in [5, 5.41) is 15.8. The molecule has 4 bridgehead atoms. The molecule has 2 N–H and O–H groups in total. The Kier molecular flexibility index (Phi) is 8.56. The number of likely N-dealkylation sites (tertiary alicyclic amines) is 1. The number of phenolic OH excluding ortho intramolecular Hbond substituents is 1. The third-order valence-electron chi connectivity index (χ3n) is 10.1. The summed E-state index contributed by atoms with van der Waals surface area (Å²) < 4.78 is 13.1. The van der Waals surface area contributed by atoms with Crippen molar-refractivity contribution in [2.24, 2.45) is 0 Å². The second-order valence-corrected chi connectivity index (χ2v) is 13.0. The number of piperidine rings is 1. The number of aromatic amines is 1. The average molecular weight is 631 g/mol. The van der Waals surface area contributed by atoms with Crippen LogP contribution < -0.4 is 5.69 Å². The lowest BCUT2D eigenvalue weighted by Gasteiger charge is -2.40. The van der Waals surface area contributed by atoms with E-state index in [0.29, 0.717) is 64.1 Å². The largest absolute Gasteiger partial charge is 0.507 e. The molecule has 12 nitrogen and oxygen atoms in total. The van der Waals surface area contributed by atoms with Gasteiger partial charge in [0, 0.05) is 69.5 Å². The van der Waals surface area contributed by atoms with E-state index < -0.39 is 12.2 Å². The van der Waals surface area contributed by atoms with Crippen LogP contribution in [-0.4, -0.2) is 105 Å². The van der Waals surface area contributed by atoms with Crippen LogP contribution in [0.15, 0.2) is 47.3 Å². The lowest BCUT2D eigenvalue weighted by Crippen LogP contribution is -2.48. The van der Waals surface area contributed by atoms with Gasteiger partial charge in [-0.05, 0) is 50.2 Å². The molecule has 12 heteroatoms. The zero-order valence-electron chi connectivity index (χ0n) is 26.3. The van der Waals surface area contributed by atoms with Gasteiger partial charge in [-0.25, -0.2) is 14.3 Å². The number of aromatic hydroxyl groups is 1. The first kappa shape index (κ1) is 30.5. The van der Waals surface area contributed by atoms with Crippen LogP contribution in [0, 0.1) is 6.92 Å². The fourth-order valence-electron chi connectivity index (χ4n) is 7.59. The summed E-state index contributed by atoms with van der Waals surface area (Å²) in [6.07, 6.45) is 2.46. The fraction of sp³-hybridized carbons (Fsp3) is 0.529. The molecular formula is C34H42N6O6. The summed E-state index contributed by atoms with van der Waals surface area (Å²) in [7, 11) is 0. The molecule has 5 heterocycles. The molecule has 1 unspecified atom stereocenters. The number of hydrogen-bond acceptors (Lipinski definition) is 8. The molecule has 244 valence electrons. The standard InChI is InChI=1S/C34H42N6O6/c1-22-18-23-19-27(30(22)41)28-21-38(12-5-13-39(28)25-10-16-45-17-11-25)32(42)29(20-23)46-34(44)37-14-8-26(9-15-37)40-33(43)35-31(36-40)24-6-3-2-4-7-24/h2-4,6-7,18-19,25-26,28-29,41H,5,8-17,20-21H2,1H3,(H,35,36,43)/t28?,29-/m1/s1. The van der Waals surface area contributed by atoms with Crippen molar-refractivity contribution >= 4 is 12.0 Å². The normalized spacial score (nSPS) is 23.4. The Balaban J connectivity index is 1.06. The van der Waals surface area contributed by atoms with Crippen molar-refractivity contribution in [3.8, 4) is 17.1 Å². The molecule has 2 atom stereocenters. The number of nitrogens with zero attached hydrogens (tertiary/aromatic N) is 5. The number of aromatic nitrogens is 3. The Hall–Kier alpha value is -4.16. The summed E-state index contributed by atoms with van der Waals surface area (Å²) in [5.41, 5.74) is 3.01. The number of phenols is 1. The number of carbonyl (C=O) groups is 2. The van der Waals surface area contributed by atoms with Crippen LogP contribution in [0.1, 0.15) is 60.9 Å². The molecule has 46 heavy (non-hydrogen) atoms. The molecule has 0 saturated carbocycles. The fourth-order valence-corrected chi connectivity index (χ4v) is 7.59. The maximum Gasteiger partial charge on any atom is 0.410 e. The van der Waals surface area contributed by atoms with Crippen LogP contribution in [0.3, 0.4) is 0 Å². The second kappa shape index (κ2) is 12.9. The molecule has 3 fully saturated rings. The van der Waals surface area contributed by atoms with Crippen molar-refractivity contribution in [2.45, 2.75) is 69.7 Å². The predicted octanol–water partition coefficient (Wildman–Crippen LogP) is 3.41. The highest BCUT2D eigenvalue weighted by molar-refractivity contribution is 5.84. The van der Waals surface area contributed by atoms with Gasteiger partial charge in [0.2, 0.25) is 0 Å². The van der Waals surface area contributed by atoms with Crippen LogP contribution in [0.4, 0.5) is 4.79 Å². The Morgan fingerprint density at radius 2 is 1.76 bits per heavy atom. The van der Waals surface area contributed by atoms with Gasteiger partial charge in [-0.3, -0.25) is 14.7 Å². The van der Waals surface area contributed by atoms with Gasteiger partial charge < -0.3 is 24.4 Å². The van der Waals surface area contributed by atoms with Crippen molar-refractivity contribution in [1.82, 2.24) is 29.5 Å². The van der Waals surface area contributed by atoms with Crippen molar-refractivity contribution in [3.05, 3.63) is 69.6 Å². The van der Waals surface area contributed by atoms with E-state index in [4.69, 9.17) is 9.47 Å². The Morgan fingerprint density at radius 1 is 1.00 bits per heavy atom. The van der Waals surface area contributed by atoms with Gasteiger partial charge >= 0.3 is 11.8 Å². The average Bonchev–Trinajstić information content (AvgIpc) is 3.35. The first-order valence-corrected chi connectivity index (χ1v) is 16.5. The van der Waals surface area contributed by atoms with Gasteiger partial charge in [0.15, 0.2) is 11.9 Å². The van der Waals surface area contributed by atoms with E-state index in [-0.39, 0.29) is 35.9 Å². The molecule has 0 spiro atoms. The third kappa shape index (κ3) is 6.03. The quantitative estimate of drug-likeness (QED) is 0.448. The number of fused-ring (bicyclic) bond motifs is 5. The van der Waals surface area contributed by atoms with E-state index >= 15 is 0 Å². The first-order valence-electron chi connectivity index (χ1n) is 16.5. The monoisotopic (exact) mass is 630 g/mol. The minimum atomic E-state index is -0.974. The number of amides is 2. The number of aryl methyl sites for hydroxylation is 1. The number of benzene rings is 2. The molecular weight excluding hydrogens is 588 g/mol. The van der Waals surface area contributed by atoms with E-state index in [0.717, 1.165) is 48.1 Å². The van der Waals surface area contributed by atoms with Crippen molar-refractivity contribution in [1.29, 1.82) is 0 Å². The smallest absolute Gasteiger partial charge is 0.410 e. The molecule has 7 rings (SSSR count). The number of H-pyrrole nitrogens is 1. The molecule has 1 aromatic heterocycles. The summed E-state index contributed by atoms with van der Waals surface area (Å²) in [6, 6.07) is 13.4. The van der Waals surface area contributed by atoms with E-state index in [1.807, 2.05) is 54.3 Å².